The average Bonchev–Trinajstić information content (AvgIpc) is 2.16. The Labute approximate surface area is 93.2 Å². The van der Waals surface area contributed by atoms with Gasteiger partial charge >= 0.3 is 0 Å². The van der Waals surface area contributed by atoms with E-state index in [4.69, 9.17) is 4.52 Å². The largest absolute Gasteiger partial charge is 0.447 e. The number of hydrogen-bond acceptors (Lipinski definition) is 2. The Bertz CT molecular complexity index is 310. The molecule has 15 heavy (non-hydrogen) atoms. The van der Waals surface area contributed by atoms with Crippen molar-refractivity contribution in [2.24, 2.45) is 0 Å². The third kappa shape index (κ3) is 3.81. The van der Waals surface area contributed by atoms with Gasteiger partial charge in [-0.25, -0.2) is 0 Å². The highest BCUT2D eigenvalue weighted by atomic mass is 31.2. The topological polar surface area (TPSA) is 29.5 Å². The number of aryl methyl sites for hydroxylation is 1. The lowest BCUT2D eigenvalue weighted by atomic mass is 10.0. The molecule has 1 atom stereocenters. The second-order valence-electron chi connectivity index (χ2n) is 3.71. The lowest BCUT2D eigenvalue weighted by Gasteiger charge is -2.14. The Morgan fingerprint density at radius 1 is 1.40 bits per heavy atom. The van der Waals surface area contributed by atoms with Crippen molar-refractivity contribution in [3.05, 3.63) is 29.3 Å². The summed E-state index contributed by atoms with van der Waals surface area (Å²) in [4.78, 5) is 9.29. The number of unbranched alkanes of at least 4 members (excludes halogenated alkanes) is 1. The van der Waals surface area contributed by atoms with Crippen LogP contribution in [-0.4, -0.2) is 11.6 Å². The van der Waals surface area contributed by atoms with Gasteiger partial charge in [-0.1, -0.05) is 25.5 Å². The van der Waals surface area contributed by atoms with E-state index < -0.39 is 8.38 Å². The number of benzene rings is 1. The minimum Gasteiger partial charge on any atom is -0.447 e. The third-order valence-corrected chi connectivity index (χ3v) is 2.84. The summed E-state index contributed by atoms with van der Waals surface area (Å²) in [6, 6.07) is 6.00. The molecule has 0 heterocycles. The minimum absolute atomic E-state index is 0.847. The van der Waals surface area contributed by atoms with Gasteiger partial charge in [0.2, 0.25) is 8.38 Å². The molecule has 0 aliphatic carbocycles. The molecule has 0 aromatic heterocycles. The van der Waals surface area contributed by atoms with Crippen LogP contribution in [-0.2, 0) is 6.42 Å². The molecule has 1 unspecified atom stereocenters. The van der Waals surface area contributed by atoms with Crippen LogP contribution in [0.1, 0.15) is 30.9 Å². The van der Waals surface area contributed by atoms with Crippen LogP contribution in [0.4, 0.5) is 0 Å². The predicted octanol–water partition coefficient (Wildman–Crippen LogP) is 3.65. The first-order valence-corrected chi connectivity index (χ1v) is 7.00. The molecule has 1 aromatic rings. The van der Waals surface area contributed by atoms with Crippen LogP contribution in [0.15, 0.2) is 18.2 Å². The van der Waals surface area contributed by atoms with Crippen LogP contribution in [0.2, 0.25) is 0 Å². The highest BCUT2D eigenvalue weighted by Crippen LogP contribution is 2.33. The average molecular weight is 226 g/mol. The van der Waals surface area contributed by atoms with Crippen molar-refractivity contribution in [3.63, 3.8) is 0 Å². The van der Waals surface area contributed by atoms with Gasteiger partial charge in [-0.3, -0.25) is 0 Å². The van der Waals surface area contributed by atoms with E-state index in [1.54, 1.807) is 6.66 Å². The Kier molecular flexibility index (Phi) is 5.07. The SMILES string of the molecule is CCCCc1c(C)cccc1OP(C)O. The molecule has 1 rings (SSSR count). The van der Waals surface area contributed by atoms with Crippen LogP contribution in [0.25, 0.3) is 0 Å². The van der Waals surface area contributed by atoms with Gasteiger partial charge in [0.15, 0.2) is 0 Å². The lowest BCUT2D eigenvalue weighted by molar-refractivity contribution is 0.489. The number of rotatable bonds is 5. The fourth-order valence-corrected chi connectivity index (χ4v) is 2.03. The normalized spacial score (nSPS) is 12.5. The third-order valence-electron chi connectivity index (χ3n) is 2.38. The zero-order valence-corrected chi connectivity index (χ0v) is 10.6. The van der Waals surface area contributed by atoms with Gasteiger partial charge in [0.05, 0.1) is 0 Å². The summed E-state index contributed by atoms with van der Waals surface area (Å²) < 4.78 is 5.44. The highest BCUT2D eigenvalue weighted by molar-refractivity contribution is 7.45. The predicted molar refractivity (Wildman–Crippen MR) is 65.5 cm³/mol. The Morgan fingerprint density at radius 3 is 2.73 bits per heavy atom. The molecule has 3 heteroatoms. The summed E-state index contributed by atoms with van der Waals surface area (Å²) in [5.41, 5.74) is 2.49. The monoisotopic (exact) mass is 226 g/mol. The molecule has 2 nitrogen and oxygen atoms in total. The van der Waals surface area contributed by atoms with Crippen LogP contribution in [0.3, 0.4) is 0 Å². The zero-order chi connectivity index (χ0) is 11.3. The van der Waals surface area contributed by atoms with Crippen molar-refractivity contribution in [2.75, 3.05) is 6.66 Å². The molecule has 1 aromatic carbocycles. The van der Waals surface area contributed by atoms with E-state index >= 15 is 0 Å². The summed E-state index contributed by atoms with van der Waals surface area (Å²) in [7, 11) is -1.32. The van der Waals surface area contributed by atoms with E-state index in [1.807, 2.05) is 12.1 Å². The molecule has 0 spiro atoms. The van der Waals surface area contributed by atoms with Gasteiger partial charge in [0.1, 0.15) is 5.75 Å². The minimum atomic E-state index is -1.32. The zero-order valence-electron chi connectivity index (χ0n) is 9.66. The molecule has 0 amide bonds. The molecule has 0 bridgehead atoms. The first-order chi connectivity index (χ1) is 7.15. The van der Waals surface area contributed by atoms with E-state index in [1.165, 1.54) is 17.5 Å². The fourth-order valence-electron chi connectivity index (χ4n) is 1.58. The second-order valence-corrected chi connectivity index (χ2v) is 4.82. The van der Waals surface area contributed by atoms with Gasteiger partial charge in [0, 0.05) is 6.66 Å². The molecule has 84 valence electrons. The molecule has 0 saturated carbocycles. The van der Waals surface area contributed by atoms with Gasteiger partial charge in [-0.2, -0.15) is 0 Å². The van der Waals surface area contributed by atoms with Crippen molar-refractivity contribution in [1.82, 2.24) is 0 Å². The van der Waals surface area contributed by atoms with E-state index in [0.29, 0.717) is 0 Å². The lowest BCUT2D eigenvalue weighted by Crippen LogP contribution is -1.95. The van der Waals surface area contributed by atoms with Gasteiger partial charge in [0.25, 0.3) is 0 Å². The summed E-state index contributed by atoms with van der Waals surface area (Å²) >= 11 is 0. The summed E-state index contributed by atoms with van der Waals surface area (Å²) in [5.74, 6) is 0.847. The number of hydrogen-bond donors (Lipinski definition) is 1. The van der Waals surface area contributed by atoms with Crippen LogP contribution < -0.4 is 4.52 Å². The van der Waals surface area contributed by atoms with Crippen LogP contribution in [0.5, 0.6) is 5.75 Å². The molecular weight excluding hydrogens is 207 g/mol. The van der Waals surface area contributed by atoms with E-state index in [2.05, 4.69) is 19.9 Å². The van der Waals surface area contributed by atoms with Crippen molar-refractivity contribution < 1.29 is 9.42 Å². The Hall–Kier alpha value is -0.590. The Morgan fingerprint density at radius 2 is 2.13 bits per heavy atom. The van der Waals surface area contributed by atoms with Gasteiger partial charge in [-0.15, -0.1) is 0 Å². The van der Waals surface area contributed by atoms with E-state index in [-0.39, 0.29) is 0 Å². The maximum atomic E-state index is 9.29. The van der Waals surface area contributed by atoms with Crippen LogP contribution in [0, 0.1) is 6.92 Å². The molecule has 0 radical (unpaired) electrons. The highest BCUT2D eigenvalue weighted by Gasteiger charge is 2.08. The van der Waals surface area contributed by atoms with Crippen LogP contribution >= 0.6 is 8.38 Å². The molecule has 1 N–H and O–H groups in total. The molecule has 0 saturated heterocycles. The van der Waals surface area contributed by atoms with Gasteiger partial charge in [-0.05, 0) is 37.0 Å². The van der Waals surface area contributed by atoms with Gasteiger partial charge < -0.3 is 9.42 Å². The second kappa shape index (κ2) is 6.09. The standard InChI is InChI=1S/C12H19O2P/c1-4-5-8-11-10(2)7-6-9-12(11)14-15(3)13/h6-7,9,13H,4-5,8H2,1-3H3. The van der Waals surface area contributed by atoms with Crippen molar-refractivity contribution >= 4 is 8.38 Å². The molecule has 0 fully saturated rings. The van der Waals surface area contributed by atoms with Crippen molar-refractivity contribution in [1.29, 1.82) is 0 Å². The van der Waals surface area contributed by atoms with E-state index in [9.17, 15) is 4.89 Å². The van der Waals surface area contributed by atoms with Crippen molar-refractivity contribution in [3.8, 4) is 5.75 Å². The molecule has 0 aliphatic rings. The Balaban J connectivity index is 2.87. The molecular formula is C12H19O2P. The van der Waals surface area contributed by atoms with E-state index in [0.717, 1.165) is 18.6 Å². The summed E-state index contributed by atoms with van der Waals surface area (Å²) in [6.45, 7) is 5.96. The first-order valence-electron chi connectivity index (χ1n) is 5.34. The quantitative estimate of drug-likeness (QED) is 0.776. The summed E-state index contributed by atoms with van der Waals surface area (Å²) in [6.07, 6.45) is 3.36. The first kappa shape index (κ1) is 12.5. The molecule has 0 aliphatic heterocycles. The van der Waals surface area contributed by atoms with Crippen molar-refractivity contribution in [2.45, 2.75) is 33.1 Å². The maximum Gasteiger partial charge on any atom is 0.224 e. The fraction of sp³-hybridized carbons (Fsp3) is 0.500. The summed E-state index contributed by atoms with van der Waals surface area (Å²) in [5, 5.41) is 0. The maximum absolute atomic E-state index is 9.29. The smallest absolute Gasteiger partial charge is 0.224 e.